The summed E-state index contributed by atoms with van der Waals surface area (Å²) in [7, 11) is -3.29. The summed E-state index contributed by atoms with van der Waals surface area (Å²) in [5, 5.41) is 9.12. The maximum atomic E-state index is 13.4. The van der Waals surface area contributed by atoms with E-state index in [0.717, 1.165) is 28.2 Å². The average molecular weight is 417 g/mol. The molecule has 0 aliphatic heterocycles. The number of rotatable bonds is 7. The lowest BCUT2D eigenvalue weighted by Crippen LogP contribution is -2.12. The van der Waals surface area contributed by atoms with Gasteiger partial charge in [-0.05, 0) is 73.4 Å². The third-order valence-corrected chi connectivity index (χ3v) is 6.15. The zero-order valence-electron chi connectivity index (χ0n) is 16.5. The van der Waals surface area contributed by atoms with E-state index in [0.29, 0.717) is 12.8 Å². The molecule has 5 nitrogen and oxygen atoms in total. The van der Waals surface area contributed by atoms with E-state index in [4.69, 9.17) is 10.8 Å². The van der Waals surface area contributed by atoms with Crippen LogP contribution in [0, 0.1) is 12.7 Å². The van der Waals surface area contributed by atoms with Crippen molar-refractivity contribution < 1.29 is 17.9 Å². The molecule has 2 aromatic carbocycles. The minimum Gasteiger partial charge on any atom is -0.396 e. The molecule has 29 heavy (non-hydrogen) atoms. The van der Waals surface area contributed by atoms with Crippen molar-refractivity contribution in [2.75, 3.05) is 12.9 Å². The lowest BCUT2D eigenvalue weighted by molar-refractivity contribution is 0.280. The second-order valence-electron chi connectivity index (χ2n) is 7.15. The number of aromatic nitrogens is 1. The van der Waals surface area contributed by atoms with Crippen molar-refractivity contribution in [2.24, 2.45) is 5.73 Å². The van der Waals surface area contributed by atoms with E-state index in [1.165, 1.54) is 18.4 Å². The second kappa shape index (κ2) is 8.49. The van der Waals surface area contributed by atoms with Gasteiger partial charge in [0.15, 0.2) is 9.84 Å². The van der Waals surface area contributed by atoms with Crippen LogP contribution in [0.5, 0.6) is 0 Å². The Hall–Kier alpha value is -2.48. The summed E-state index contributed by atoms with van der Waals surface area (Å²) in [6.45, 7) is 2.02. The zero-order valence-corrected chi connectivity index (χ0v) is 17.3. The molecular weight excluding hydrogens is 391 g/mol. The Bertz CT molecular complexity index is 1090. The molecule has 0 bridgehead atoms. The van der Waals surface area contributed by atoms with Crippen LogP contribution in [0.1, 0.15) is 30.1 Å². The Morgan fingerprint density at radius 1 is 1.10 bits per heavy atom. The van der Waals surface area contributed by atoms with Crippen LogP contribution in [0.4, 0.5) is 4.39 Å². The van der Waals surface area contributed by atoms with E-state index in [1.807, 2.05) is 17.6 Å². The normalized spacial score (nSPS) is 12.9. The summed E-state index contributed by atoms with van der Waals surface area (Å²) in [5.74, 6) is -0.322. The quantitative estimate of drug-likeness (QED) is 0.614. The molecule has 0 amide bonds. The molecule has 1 aromatic heterocycles. The maximum Gasteiger partial charge on any atom is 0.175 e. The molecule has 0 spiro atoms. The first kappa shape index (κ1) is 21.2. The molecule has 0 fully saturated rings. The minimum atomic E-state index is -3.29. The largest absolute Gasteiger partial charge is 0.396 e. The highest BCUT2D eigenvalue weighted by atomic mass is 32.2. The number of halogens is 1. The van der Waals surface area contributed by atoms with E-state index in [-0.39, 0.29) is 23.4 Å². The SMILES string of the molecule is Cc1c(C(N)CCCO)cc(-c2ccc(S(C)(=O)=O)cc2)n1-c1ccc(F)cc1. The summed E-state index contributed by atoms with van der Waals surface area (Å²) in [5.41, 5.74) is 10.7. The molecule has 0 aliphatic carbocycles. The van der Waals surface area contributed by atoms with Crippen LogP contribution >= 0.6 is 0 Å². The van der Waals surface area contributed by atoms with Crippen molar-refractivity contribution in [3.05, 3.63) is 71.7 Å². The summed E-state index contributed by atoms with van der Waals surface area (Å²) in [4.78, 5) is 0.248. The van der Waals surface area contributed by atoms with Gasteiger partial charge in [0, 0.05) is 30.3 Å². The fraction of sp³-hybridized carbons (Fsp3) is 0.273. The number of benzene rings is 2. The monoisotopic (exact) mass is 416 g/mol. The van der Waals surface area contributed by atoms with Gasteiger partial charge in [-0.3, -0.25) is 0 Å². The molecule has 3 rings (SSSR count). The topological polar surface area (TPSA) is 85.3 Å². The van der Waals surface area contributed by atoms with Crippen molar-refractivity contribution in [1.82, 2.24) is 4.57 Å². The van der Waals surface area contributed by atoms with Crippen LogP contribution in [0.15, 0.2) is 59.5 Å². The van der Waals surface area contributed by atoms with Crippen LogP contribution < -0.4 is 5.73 Å². The van der Waals surface area contributed by atoms with Crippen molar-refractivity contribution in [2.45, 2.75) is 30.7 Å². The molecule has 3 aromatic rings. The third-order valence-electron chi connectivity index (χ3n) is 5.02. The van der Waals surface area contributed by atoms with Crippen LogP contribution in [0.3, 0.4) is 0 Å². The Morgan fingerprint density at radius 3 is 2.28 bits per heavy atom. The lowest BCUT2D eigenvalue weighted by Gasteiger charge is -2.14. The first-order valence-corrected chi connectivity index (χ1v) is 11.3. The molecule has 7 heteroatoms. The van der Waals surface area contributed by atoms with E-state index >= 15 is 0 Å². The molecule has 1 heterocycles. The highest BCUT2D eigenvalue weighted by Gasteiger charge is 2.19. The fourth-order valence-corrected chi connectivity index (χ4v) is 4.11. The van der Waals surface area contributed by atoms with Gasteiger partial charge < -0.3 is 15.4 Å². The van der Waals surface area contributed by atoms with E-state index in [1.54, 1.807) is 36.4 Å². The van der Waals surface area contributed by atoms with Gasteiger partial charge in [-0.1, -0.05) is 12.1 Å². The summed E-state index contributed by atoms with van der Waals surface area (Å²) in [6, 6.07) is 14.6. The number of nitrogens with two attached hydrogens (primary N) is 1. The van der Waals surface area contributed by atoms with Gasteiger partial charge in [0.25, 0.3) is 0 Å². The predicted octanol–water partition coefficient (Wildman–Crippen LogP) is 3.77. The molecular formula is C22H25FN2O3S. The lowest BCUT2D eigenvalue weighted by atomic mass is 10.0. The van der Waals surface area contributed by atoms with Gasteiger partial charge >= 0.3 is 0 Å². The summed E-state index contributed by atoms with van der Waals surface area (Å²) >= 11 is 0. The first-order chi connectivity index (χ1) is 13.7. The van der Waals surface area contributed by atoms with Crippen molar-refractivity contribution in [3.8, 4) is 16.9 Å². The summed E-state index contributed by atoms with van der Waals surface area (Å²) < 4.78 is 39.0. The van der Waals surface area contributed by atoms with Gasteiger partial charge in [0.1, 0.15) is 5.82 Å². The fourth-order valence-electron chi connectivity index (χ4n) is 3.48. The van der Waals surface area contributed by atoms with Crippen LogP contribution in [-0.2, 0) is 9.84 Å². The number of hydrogen-bond acceptors (Lipinski definition) is 4. The van der Waals surface area contributed by atoms with E-state index in [2.05, 4.69) is 0 Å². The van der Waals surface area contributed by atoms with Gasteiger partial charge in [0.2, 0.25) is 0 Å². The third kappa shape index (κ3) is 4.58. The summed E-state index contributed by atoms with van der Waals surface area (Å²) in [6.07, 6.45) is 2.41. The number of hydrogen-bond donors (Lipinski definition) is 2. The maximum absolute atomic E-state index is 13.4. The zero-order chi connectivity index (χ0) is 21.2. The second-order valence-corrected chi connectivity index (χ2v) is 9.17. The Morgan fingerprint density at radius 2 is 1.72 bits per heavy atom. The first-order valence-electron chi connectivity index (χ1n) is 9.37. The molecule has 0 saturated heterocycles. The van der Waals surface area contributed by atoms with Crippen LogP contribution in [0.25, 0.3) is 16.9 Å². The number of nitrogens with zero attached hydrogens (tertiary/aromatic N) is 1. The highest BCUT2D eigenvalue weighted by Crippen LogP contribution is 2.33. The molecule has 1 unspecified atom stereocenters. The number of aliphatic hydroxyl groups is 1. The van der Waals surface area contributed by atoms with E-state index in [9.17, 15) is 12.8 Å². The van der Waals surface area contributed by atoms with Crippen molar-refractivity contribution in [3.63, 3.8) is 0 Å². The van der Waals surface area contributed by atoms with Crippen molar-refractivity contribution in [1.29, 1.82) is 0 Å². The average Bonchev–Trinajstić information content (AvgIpc) is 3.03. The number of sulfone groups is 1. The standard InChI is InChI=1S/C22H25FN2O3S/c1-15-20(21(24)4-3-13-26)14-22(25(15)18-9-7-17(23)8-10-18)16-5-11-19(12-6-16)29(2,27)28/h5-12,14,21,26H,3-4,13,24H2,1-2H3. The highest BCUT2D eigenvalue weighted by molar-refractivity contribution is 7.90. The minimum absolute atomic E-state index is 0.0746. The molecule has 154 valence electrons. The Labute approximate surface area is 170 Å². The molecule has 1 atom stereocenters. The molecule has 0 aliphatic rings. The molecule has 0 radical (unpaired) electrons. The van der Waals surface area contributed by atoms with Crippen molar-refractivity contribution >= 4 is 9.84 Å². The molecule has 3 N–H and O–H groups in total. The molecule has 0 saturated carbocycles. The number of aliphatic hydroxyl groups excluding tert-OH is 1. The van der Waals surface area contributed by atoms with E-state index < -0.39 is 9.84 Å². The Balaban J connectivity index is 2.15. The van der Waals surface area contributed by atoms with Gasteiger partial charge in [-0.25, -0.2) is 12.8 Å². The van der Waals surface area contributed by atoms with Crippen LogP contribution in [0.2, 0.25) is 0 Å². The van der Waals surface area contributed by atoms with Crippen LogP contribution in [-0.4, -0.2) is 31.0 Å². The van der Waals surface area contributed by atoms with Gasteiger partial charge in [-0.15, -0.1) is 0 Å². The smallest absolute Gasteiger partial charge is 0.175 e. The van der Waals surface area contributed by atoms with Gasteiger partial charge in [0.05, 0.1) is 10.6 Å². The predicted molar refractivity (Wildman–Crippen MR) is 112 cm³/mol. The van der Waals surface area contributed by atoms with Gasteiger partial charge in [-0.2, -0.15) is 0 Å². The Kier molecular flexibility index (Phi) is 6.21.